The summed E-state index contributed by atoms with van der Waals surface area (Å²) in [7, 11) is 1.66. The molecule has 0 heterocycles. The predicted molar refractivity (Wildman–Crippen MR) is 36.4 cm³/mol. The fraction of sp³-hybridized carbons (Fsp3) is 0.667. The molecule has 1 nitrogen and oxygen atoms in total. The molecule has 0 aromatic carbocycles. The van der Waals surface area contributed by atoms with Gasteiger partial charge in [0.2, 0.25) is 0 Å². The van der Waals surface area contributed by atoms with Crippen LogP contribution in [0.4, 0.5) is 0 Å². The highest BCUT2D eigenvalue weighted by Crippen LogP contribution is 1.93. The summed E-state index contributed by atoms with van der Waals surface area (Å²) in [6.07, 6.45) is 1.97. The van der Waals surface area contributed by atoms with Crippen molar-refractivity contribution in [2.24, 2.45) is 0 Å². The fourth-order valence-electron chi connectivity index (χ4n) is 0.280. The van der Waals surface area contributed by atoms with Gasteiger partial charge in [0.05, 0.1) is 6.61 Å². The molecule has 0 aliphatic rings. The first-order valence-corrected chi connectivity index (χ1v) is 3.05. The number of alkyl halides is 1. The standard InChI is InChI=1S/C6H11ClO/c1-6(5-7)3-4-8-2/h3H,4-5H2,1-2H3. The molecule has 0 saturated heterocycles. The first-order chi connectivity index (χ1) is 3.81. The second kappa shape index (κ2) is 5.13. The zero-order chi connectivity index (χ0) is 6.41. The summed E-state index contributed by atoms with van der Waals surface area (Å²) < 4.78 is 4.78. The maximum atomic E-state index is 5.46. The maximum Gasteiger partial charge on any atom is 0.0646 e. The highest BCUT2D eigenvalue weighted by Gasteiger charge is 1.81. The summed E-state index contributed by atoms with van der Waals surface area (Å²) in [4.78, 5) is 0. The van der Waals surface area contributed by atoms with Crippen LogP contribution in [0.25, 0.3) is 0 Å². The van der Waals surface area contributed by atoms with Crippen molar-refractivity contribution < 1.29 is 4.74 Å². The molecule has 0 aromatic rings. The average molecular weight is 135 g/mol. The number of hydrogen-bond donors (Lipinski definition) is 0. The van der Waals surface area contributed by atoms with Crippen molar-refractivity contribution in [1.82, 2.24) is 0 Å². The van der Waals surface area contributed by atoms with Crippen LogP contribution < -0.4 is 0 Å². The van der Waals surface area contributed by atoms with Gasteiger partial charge in [0.15, 0.2) is 0 Å². The van der Waals surface area contributed by atoms with Gasteiger partial charge in [-0.3, -0.25) is 0 Å². The summed E-state index contributed by atoms with van der Waals surface area (Å²) in [6, 6.07) is 0. The van der Waals surface area contributed by atoms with E-state index in [1.54, 1.807) is 7.11 Å². The van der Waals surface area contributed by atoms with Gasteiger partial charge < -0.3 is 4.74 Å². The molecule has 8 heavy (non-hydrogen) atoms. The molecule has 0 rings (SSSR count). The molecule has 48 valence electrons. The molecule has 0 spiro atoms. The van der Waals surface area contributed by atoms with E-state index < -0.39 is 0 Å². The maximum absolute atomic E-state index is 5.46. The van der Waals surface area contributed by atoms with Crippen molar-refractivity contribution in [2.45, 2.75) is 6.92 Å². The SMILES string of the molecule is COCC=C(C)CCl. The van der Waals surface area contributed by atoms with Crippen molar-refractivity contribution in [3.8, 4) is 0 Å². The Balaban J connectivity index is 3.26. The minimum atomic E-state index is 0.601. The number of ether oxygens (including phenoxy) is 1. The zero-order valence-electron chi connectivity index (χ0n) is 5.28. The van der Waals surface area contributed by atoms with Crippen molar-refractivity contribution in [3.05, 3.63) is 11.6 Å². The van der Waals surface area contributed by atoms with Crippen LogP contribution in [0.3, 0.4) is 0 Å². The molecule has 2 heteroatoms. The molecule has 0 bridgehead atoms. The van der Waals surface area contributed by atoms with Gasteiger partial charge in [-0.2, -0.15) is 0 Å². The second-order valence-electron chi connectivity index (χ2n) is 1.64. The van der Waals surface area contributed by atoms with E-state index in [2.05, 4.69) is 0 Å². The molecule has 0 saturated carbocycles. The zero-order valence-corrected chi connectivity index (χ0v) is 6.03. The van der Waals surface area contributed by atoms with Gasteiger partial charge in [-0.1, -0.05) is 11.6 Å². The van der Waals surface area contributed by atoms with E-state index >= 15 is 0 Å². The Morgan fingerprint density at radius 3 is 2.75 bits per heavy atom. The van der Waals surface area contributed by atoms with Crippen molar-refractivity contribution >= 4 is 11.6 Å². The Hall–Kier alpha value is -0.0100. The summed E-state index contributed by atoms with van der Waals surface area (Å²) in [5, 5.41) is 0. The summed E-state index contributed by atoms with van der Waals surface area (Å²) >= 11 is 5.46. The van der Waals surface area contributed by atoms with E-state index in [1.807, 2.05) is 13.0 Å². The minimum absolute atomic E-state index is 0.601. The molecule has 0 atom stereocenters. The van der Waals surface area contributed by atoms with Crippen LogP contribution >= 0.6 is 11.6 Å². The third-order valence-corrected chi connectivity index (χ3v) is 1.23. The number of hydrogen-bond acceptors (Lipinski definition) is 1. The Labute approximate surface area is 55.3 Å². The Morgan fingerprint density at radius 2 is 2.38 bits per heavy atom. The normalized spacial score (nSPS) is 12.1. The number of rotatable bonds is 3. The monoisotopic (exact) mass is 134 g/mol. The lowest BCUT2D eigenvalue weighted by Crippen LogP contribution is -1.84. The van der Waals surface area contributed by atoms with Gasteiger partial charge in [-0.05, 0) is 6.92 Å². The highest BCUT2D eigenvalue weighted by atomic mass is 35.5. The largest absolute Gasteiger partial charge is 0.381 e. The van der Waals surface area contributed by atoms with E-state index in [9.17, 15) is 0 Å². The minimum Gasteiger partial charge on any atom is -0.381 e. The molecule has 0 N–H and O–H groups in total. The van der Waals surface area contributed by atoms with Crippen molar-refractivity contribution in [3.63, 3.8) is 0 Å². The first-order valence-electron chi connectivity index (χ1n) is 2.51. The second-order valence-corrected chi connectivity index (χ2v) is 1.91. The Kier molecular flexibility index (Phi) is 5.13. The summed E-state index contributed by atoms with van der Waals surface area (Å²) in [5.41, 5.74) is 1.16. The van der Waals surface area contributed by atoms with Gasteiger partial charge in [0, 0.05) is 13.0 Å². The lowest BCUT2D eigenvalue weighted by Gasteiger charge is -1.91. The third-order valence-electron chi connectivity index (χ3n) is 0.809. The quantitative estimate of drug-likeness (QED) is 0.423. The van der Waals surface area contributed by atoms with Gasteiger partial charge >= 0.3 is 0 Å². The summed E-state index contributed by atoms with van der Waals surface area (Å²) in [6.45, 7) is 2.64. The van der Waals surface area contributed by atoms with Gasteiger partial charge in [-0.15, -0.1) is 11.6 Å². The van der Waals surface area contributed by atoms with E-state index in [4.69, 9.17) is 16.3 Å². The van der Waals surface area contributed by atoms with Crippen LogP contribution in [-0.2, 0) is 4.74 Å². The Bertz CT molecular complexity index is 78.6. The molecule has 0 fully saturated rings. The van der Waals surface area contributed by atoms with Crippen molar-refractivity contribution in [1.29, 1.82) is 0 Å². The van der Waals surface area contributed by atoms with Crippen LogP contribution in [0, 0.1) is 0 Å². The lowest BCUT2D eigenvalue weighted by atomic mass is 10.3. The molecule has 0 radical (unpaired) electrons. The van der Waals surface area contributed by atoms with Gasteiger partial charge in [0.25, 0.3) is 0 Å². The fourth-order valence-corrected chi connectivity index (χ4v) is 0.389. The van der Waals surface area contributed by atoms with Crippen LogP contribution in [0.15, 0.2) is 11.6 Å². The van der Waals surface area contributed by atoms with Crippen LogP contribution in [0.2, 0.25) is 0 Å². The molecule has 0 aliphatic carbocycles. The molecule has 0 aliphatic heterocycles. The third kappa shape index (κ3) is 4.16. The predicted octanol–water partition coefficient (Wildman–Crippen LogP) is 1.82. The highest BCUT2D eigenvalue weighted by molar-refractivity contribution is 6.19. The molecule has 0 amide bonds. The number of halogens is 1. The van der Waals surface area contributed by atoms with Crippen LogP contribution in [0.1, 0.15) is 6.92 Å². The Morgan fingerprint density at radius 1 is 1.75 bits per heavy atom. The average Bonchev–Trinajstić information content (AvgIpc) is 1.83. The molecular formula is C6H11ClO. The van der Waals surface area contributed by atoms with E-state index in [-0.39, 0.29) is 0 Å². The van der Waals surface area contributed by atoms with E-state index in [0.717, 1.165) is 5.57 Å². The first kappa shape index (κ1) is 7.99. The van der Waals surface area contributed by atoms with Crippen LogP contribution in [-0.4, -0.2) is 19.6 Å². The van der Waals surface area contributed by atoms with Gasteiger partial charge in [-0.25, -0.2) is 0 Å². The lowest BCUT2D eigenvalue weighted by molar-refractivity contribution is 0.233. The molecular weight excluding hydrogens is 124 g/mol. The van der Waals surface area contributed by atoms with Crippen LogP contribution in [0.5, 0.6) is 0 Å². The van der Waals surface area contributed by atoms with E-state index in [1.165, 1.54) is 0 Å². The smallest absolute Gasteiger partial charge is 0.0646 e. The summed E-state index contributed by atoms with van der Waals surface area (Å²) in [5.74, 6) is 0.601. The molecule has 0 aromatic heterocycles. The van der Waals surface area contributed by atoms with E-state index in [0.29, 0.717) is 12.5 Å². The number of allylic oxidation sites excluding steroid dienone is 1. The van der Waals surface area contributed by atoms with Crippen molar-refractivity contribution in [2.75, 3.05) is 19.6 Å². The molecule has 0 unspecified atom stereocenters. The topological polar surface area (TPSA) is 9.23 Å². The van der Waals surface area contributed by atoms with Gasteiger partial charge in [0.1, 0.15) is 0 Å². The number of methoxy groups -OCH3 is 1.